The molecule has 0 radical (unpaired) electrons. The molecule has 0 spiro atoms. The monoisotopic (exact) mass is 155 g/mol. The highest BCUT2D eigenvalue weighted by molar-refractivity contribution is 5.40. The molecule has 0 aliphatic carbocycles. The lowest BCUT2D eigenvalue weighted by atomic mass is 10.1. The van der Waals surface area contributed by atoms with Crippen molar-refractivity contribution in [3.05, 3.63) is 23.8 Å². The van der Waals surface area contributed by atoms with Crippen LogP contribution in [0.2, 0.25) is 0 Å². The molecule has 1 unspecified atom stereocenters. The first kappa shape index (κ1) is 6.49. The van der Waals surface area contributed by atoms with Crippen molar-refractivity contribution in [3.8, 4) is 11.5 Å². The smallest absolute Gasteiger partial charge is 0.211 e. The van der Waals surface area contributed by atoms with Crippen molar-refractivity contribution >= 4 is 0 Å². The van der Waals surface area contributed by atoms with E-state index in [1.807, 2.05) is 0 Å². The molecular formula is C8H10O3. The van der Waals surface area contributed by atoms with Crippen LogP contribution in [0, 0.1) is 0 Å². The first-order valence-electron chi connectivity index (χ1n) is 3.70. The van der Waals surface area contributed by atoms with E-state index in [2.05, 4.69) is 5.11 Å². The largest absolute Gasteiger partial charge is 0.504 e. The Morgan fingerprint density at radius 3 is 2.64 bits per heavy atom. The van der Waals surface area contributed by atoms with E-state index in [9.17, 15) is 0 Å². The van der Waals surface area contributed by atoms with Crippen LogP contribution in [0.3, 0.4) is 0 Å². The fraction of sp³-hybridized carbons (Fsp3) is 0.250. The molecule has 0 amide bonds. The summed E-state index contributed by atoms with van der Waals surface area (Å²) >= 11 is 0. The molecule has 0 aliphatic rings. The van der Waals surface area contributed by atoms with Crippen LogP contribution < -0.4 is 0 Å². The van der Waals surface area contributed by atoms with Gasteiger partial charge < -0.3 is 15.3 Å². The number of aromatic hydroxyl groups is 2. The summed E-state index contributed by atoms with van der Waals surface area (Å²) in [5.74, 6) is -0.368. The van der Waals surface area contributed by atoms with Gasteiger partial charge in [0.25, 0.3) is 0 Å². The van der Waals surface area contributed by atoms with Crippen molar-refractivity contribution in [3.63, 3.8) is 0 Å². The lowest BCUT2D eigenvalue weighted by molar-refractivity contribution is 0.198. The topological polar surface area (TPSA) is 60.7 Å². The maximum absolute atomic E-state index is 9.08. The SMILES string of the molecule is [2H]OC(C)c1ccc(O)c(O)c1. The first-order valence-corrected chi connectivity index (χ1v) is 3.29. The lowest BCUT2D eigenvalue weighted by Crippen LogP contribution is -1.89. The molecule has 1 aromatic rings. The standard InChI is InChI=1S/C8H10O3/c1-5(9)6-2-3-7(10)8(11)4-6/h2-5,9-11H,1H3/i9D. The average molecular weight is 155 g/mol. The number of phenols is 2. The van der Waals surface area contributed by atoms with E-state index in [1.54, 1.807) is 13.0 Å². The average Bonchev–Trinajstić information content (AvgIpc) is 2.08. The summed E-state index contributed by atoms with van der Waals surface area (Å²) in [5, 5.41) is 22.3. The van der Waals surface area contributed by atoms with Crippen molar-refractivity contribution in [1.82, 2.24) is 0 Å². The maximum Gasteiger partial charge on any atom is 0.211 e. The normalized spacial score (nSPS) is 14.1. The zero-order chi connectivity index (χ0) is 9.14. The molecule has 3 nitrogen and oxygen atoms in total. The molecule has 1 aromatic carbocycles. The van der Waals surface area contributed by atoms with E-state index in [4.69, 9.17) is 11.6 Å². The van der Waals surface area contributed by atoms with Gasteiger partial charge in [0, 0.05) is 0 Å². The van der Waals surface area contributed by atoms with Crippen molar-refractivity contribution in [2.75, 3.05) is 0 Å². The highest BCUT2D eigenvalue weighted by Crippen LogP contribution is 2.27. The van der Waals surface area contributed by atoms with Gasteiger partial charge in [-0.25, -0.2) is 0 Å². The van der Waals surface area contributed by atoms with Crippen LogP contribution in [0.15, 0.2) is 18.2 Å². The Hall–Kier alpha value is -1.22. The third-order valence-electron chi connectivity index (χ3n) is 1.47. The second kappa shape index (κ2) is 2.80. The Bertz CT molecular complexity index is 275. The third kappa shape index (κ3) is 1.62. The van der Waals surface area contributed by atoms with Gasteiger partial charge in [0.05, 0.1) is 6.10 Å². The molecule has 60 valence electrons. The van der Waals surface area contributed by atoms with Crippen molar-refractivity contribution in [2.45, 2.75) is 13.0 Å². The number of hydrogen-bond donors (Lipinski definition) is 3. The molecule has 0 fully saturated rings. The van der Waals surface area contributed by atoms with Crippen LogP contribution >= 0.6 is 0 Å². The molecule has 0 bridgehead atoms. The minimum atomic E-state index is -0.406. The molecule has 3 N–H and O–H groups in total. The molecule has 1 atom stereocenters. The van der Waals surface area contributed by atoms with Gasteiger partial charge >= 0.3 is 0 Å². The fourth-order valence-electron chi connectivity index (χ4n) is 0.793. The number of aliphatic hydroxyl groups is 1. The summed E-state index contributed by atoms with van der Waals surface area (Å²) in [5.41, 5.74) is 0.653. The van der Waals surface area contributed by atoms with E-state index >= 15 is 0 Å². The van der Waals surface area contributed by atoms with E-state index in [0.717, 1.165) is 0 Å². The van der Waals surface area contributed by atoms with Crippen LogP contribution in [0.1, 0.15) is 18.6 Å². The van der Waals surface area contributed by atoms with Gasteiger partial charge in [0.2, 0.25) is 1.43 Å². The van der Waals surface area contributed by atoms with Crippen LogP contribution in [0.25, 0.3) is 0 Å². The number of phenolic OH excluding ortho intramolecular Hbond substituents is 2. The number of hydrogen-bond acceptors (Lipinski definition) is 3. The number of aliphatic hydroxyl groups excluding tert-OH is 1. The Kier molecular flexibility index (Phi) is 1.65. The highest BCUT2D eigenvalue weighted by atomic mass is 16.3. The molecule has 0 saturated carbocycles. The van der Waals surface area contributed by atoms with E-state index in [1.165, 1.54) is 12.1 Å². The van der Waals surface area contributed by atoms with Gasteiger partial charge in [-0.2, -0.15) is 0 Å². The lowest BCUT2D eigenvalue weighted by Gasteiger charge is -2.04. The van der Waals surface area contributed by atoms with Gasteiger partial charge in [-0.15, -0.1) is 0 Å². The minimum absolute atomic E-state index is 0.170. The summed E-state index contributed by atoms with van der Waals surface area (Å²) in [7, 11) is 0. The zero-order valence-electron chi connectivity index (χ0n) is 7.11. The molecular weight excluding hydrogens is 144 g/mol. The van der Waals surface area contributed by atoms with Gasteiger partial charge in [0.15, 0.2) is 11.5 Å². The predicted molar refractivity (Wildman–Crippen MR) is 40.4 cm³/mol. The van der Waals surface area contributed by atoms with Crippen molar-refractivity contribution < 1.29 is 15.3 Å². The summed E-state index contributed by atoms with van der Waals surface area (Å²) in [4.78, 5) is 0. The van der Waals surface area contributed by atoms with E-state index in [-0.39, 0.29) is 11.5 Å². The van der Waals surface area contributed by atoms with Crippen molar-refractivity contribution in [1.29, 1.82) is 1.43 Å². The van der Waals surface area contributed by atoms with Gasteiger partial charge in [-0.3, -0.25) is 0 Å². The number of benzene rings is 1. The minimum Gasteiger partial charge on any atom is -0.504 e. The Morgan fingerprint density at radius 2 is 2.09 bits per heavy atom. The molecule has 3 heteroatoms. The van der Waals surface area contributed by atoms with Gasteiger partial charge in [-0.05, 0) is 24.6 Å². The zero-order valence-corrected chi connectivity index (χ0v) is 6.11. The van der Waals surface area contributed by atoms with Crippen LogP contribution in [0.5, 0.6) is 11.5 Å². The predicted octanol–water partition coefficient (Wildman–Crippen LogP) is 1.15. The van der Waals surface area contributed by atoms with Crippen molar-refractivity contribution in [2.24, 2.45) is 0 Å². The summed E-state index contributed by atoms with van der Waals surface area (Å²) in [6.45, 7) is 1.68. The molecule has 11 heavy (non-hydrogen) atoms. The Morgan fingerprint density at radius 1 is 1.36 bits per heavy atom. The second-order valence-electron chi connectivity index (χ2n) is 2.39. The van der Waals surface area contributed by atoms with E-state index < -0.39 is 6.10 Å². The first-order chi connectivity index (χ1) is 5.65. The van der Waals surface area contributed by atoms with E-state index in [0.29, 0.717) is 5.56 Å². The molecule has 0 saturated heterocycles. The summed E-state index contributed by atoms with van der Waals surface area (Å²) in [6.07, 6.45) is -0.406. The summed E-state index contributed by atoms with van der Waals surface area (Å²) < 4.78 is 6.63. The third-order valence-corrected chi connectivity index (χ3v) is 1.47. The molecule has 0 aliphatic heterocycles. The molecule has 0 heterocycles. The van der Waals surface area contributed by atoms with Crippen LogP contribution in [-0.4, -0.2) is 16.8 Å². The maximum atomic E-state index is 9.08. The molecule has 0 aromatic heterocycles. The van der Waals surface area contributed by atoms with Crippen LogP contribution in [-0.2, 0) is 0 Å². The highest BCUT2D eigenvalue weighted by Gasteiger charge is 2.03. The van der Waals surface area contributed by atoms with Gasteiger partial charge in [0.1, 0.15) is 0 Å². The quantitative estimate of drug-likeness (QED) is 0.561. The fourth-order valence-corrected chi connectivity index (χ4v) is 0.793. The number of rotatable bonds is 2. The van der Waals surface area contributed by atoms with Crippen LogP contribution in [0.4, 0.5) is 0 Å². The van der Waals surface area contributed by atoms with Gasteiger partial charge in [-0.1, -0.05) is 6.07 Å². The Labute approximate surface area is 66.0 Å². The Balaban J connectivity index is 2.96. The summed E-state index contributed by atoms with van der Waals surface area (Å²) in [6, 6.07) is 4.32. The second-order valence-corrected chi connectivity index (χ2v) is 2.39. The molecule has 1 rings (SSSR count).